The van der Waals surface area contributed by atoms with Crippen molar-refractivity contribution in [3.8, 4) is 0 Å². The molecule has 0 amide bonds. The van der Waals surface area contributed by atoms with Gasteiger partial charge in [0.05, 0.1) is 4.92 Å². The highest BCUT2D eigenvalue weighted by Gasteiger charge is 2.33. The number of aromatic nitrogens is 2. The van der Waals surface area contributed by atoms with Crippen LogP contribution in [0.1, 0.15) is 10.5 Å². The van der Waals surface area contributed by atoms with Gasteiger partial charge in [0, 0.05) is 0 Å². The zero-order chi connectivity index (χ0) is 10.9. The third kappa shape index (κ3) is 1.35. The Balaban J connectivity index is 3.42. The minimum Gasteiger partial charge on any atom is -0.543 e. The molecule has 0 fully saturated rings. The molecule has 0 unspecified atom stereocenters. The van der Waals surface area contributed by atoms with Crippen molar-refractivity contribution in [3.05, 3.63) is 25.9 Å². The largest absolute Gasteiger partial charge is 0.543 e. The van der Waals surface area contributed by atoms with E-state index in [0.717, 1.165) is 0 Å². The van der Waals surface area contributed by atoms with Crippen LogP contribution in [0.3, 0.4) is 0 Å². The number of aromatic amines is 1. The predicted molar refractivity (Wildman–Crippen MR) is 36.2 cm³/mol. The molecule has 14 heavy (non-hydrogen) atoms. The van der Waals surface area contributed by atoms with E-state index in [4.69, 9.17) is 0 Å². The summed E-state index contributed by atoms with van der Waals surface area (Å²) in [4.78, 5) is 28.3. The van der Waals surface area contributed by atoms with Crippen LogP contribution in [0, 0.1) is 20.2 Å². The average Bonchev–Trinajstić information content (AvgIpc) is 2.46. The molecule has 74 valence electrons. The van der Waals surface area contributed by atoms with Crippen molar-refractivity contribution in [1.29, 1.82) is 0 Å². The van der Waals surface area contributed by atoms with Crippen molar-refractivity contribution in [2.45, 2.75) is 0 Å². The number of nitrogens with one attached hydrogen (secondary N) is 1. The monoisotopic (exact) mass is 201 g/mol. The van der Waals surface area contributed by atoms with Crippen LogP contribution in [0.5, 0.6) is 0 Å². The van der Waals surface area contributed by atoms with Gasteiger partial charge in [-0.1, -0.05) is 5.10 Å². The van der Waals surface area contributed by atoms with E-state index in [1.165, 1.54) is 0 Å². The van der Waals surface area contributed by atoms with E-state index in [0.29, 0.717) is 0 Å². The lowest BCUT2D eigenvalue weighted by molar-refractivity contribution is -0.425. The predicted octanol–water partition coefficient (Wildman–Crippen LogP) is -1.41. The summed E-state index contributed by atoms with van der Waals surface area (Å²) < 4.78 is 0. The van der Waals surface area contributed by atoms with E-state index in [2.05, 4.69) is 5.10 Å². The van der Waals surface area contributed by atoms with E-state index in [9.17, 15) is 30.1 Å². The summed E-state index contributed by atoms with van der Waals surface area (Å²) in [6, 6.07) is 0. The maximum absolute atomic E-state index is 10.3. The number of hydrogen-bond donors (Lipinski definition) is 1. The van der Waals surface area contributed by atoms with Gasteiger partial charge in [0.25, 0.3) is 0 Å². The van der Waals surface area contributed by atoms with Gasteiger partial charge in [-0.2, -0.15) is 0 Å². The fourth-order valence-corrected chi connectivity index (χ4v) is 0.769. The second-order valence-electron chi connectivity index (χ2n) is 2.07. The molecule has 0 aromatic carbocycles. The lowest BCUT2D eigenvalue weighted by atomic mass is 10.3. The van der Waals surface area contributed by atoms with Gasteiger partial charge in [0.15, 0.2) is 0 Å². The van der Waals surface area contributed by atoms with Gasteiger partial charge in [-0.25, -0.2) is 0 Å². The Morgan fingerprint density at radius 1 is 1.29 bits per heavy atom. The fourth-order valence-electron chi connectivity index (χ4n) is 0.769. The molecule has 0 aliphatic heterocycles. The summed E-state index contributed by atoms with van der Waals surface area (Å²) in [5, 5.41) is 35.2. The van der Waals surface area contributed by atoms with Crippen LogP contribution in [-0.4, -0.2) is 26.0 Å². The molecule has 0 atom stereocenters. The maximum atomic E-state index is 10.3. The summed E-state index contributed by atoms with van der Waals surface area (Å²) >= 11 is 0. The van der Waals surface area contributed by atoms with Crippen LogP contribution in [-0.2, 0) is 0 Å². The van der Waals surface area contributed by atoms with E-state index < -0.39 is 33.0 Å². The molecule has 1 heterocycles. The Hall–Kier alpha value is -2.52. The van der Waals surface area contributed by atoms with Crippen molar-refractivity contribution in [2.75, 3.05) is 0 Å². The molecule has 10 heteroatoms. The number of carboxylic acids is 1. The number of nitrogens with zero attached hydrogens (tertiary/aromatic N) is 3. The average molecular weight is 201 g/mol. The van der Waals surface area contributed by atoms with Gasteiger partial charge in [-0.15, -0.1) is 5.10 Å². The number of hydrogen-bond acceptors (Lipinski definition) is 7. The minimum absolute atomic E-state index is 1.09. The summed E-state index contributed by atoms with van der Waals surface area (Å²) in [6.45, 7) is 0. The second kappa shape index (κ2) is 3.08. The first-order valence-corrected chi connectivity index (χ1v) is 3.03. The quantitative estimate of drug-likeness (QED) is 0.464. The van der Waals surface area contributed by atoms with Crippen molar-refractivity contribution in [3.63, 3.8) is 0 Å². The lowest BCUT2D eigenvalue weighted by Gasteiger charge is -1.93. The highest BCUT2D eigenvalue weighted by molar-refractivity contribution is 5.90. The summed E-state index contributed by atoms with van der Waals surface area (Å²) in [5.74, 6) is -3.05. The first-order valence-electron chi connectivity index (χ1n) is 3.03. The van der Waals surface area contributed by atoms with Crippen LogP contribution < -0.4 is 5.11 Å². The zero-order valence-electron chi connectivity index (χ0n) is 6.29. The number of carbonyl (C=O) groups excluding carboxylic acids is 1. The molecule has 0 saturated carbocycles. The summed E-state index contributed by atoms with van der Waals surface area (Å²) in [6.07, 6.45) is 0. The van der Waals surface area contributed by atoms with Gasteiger partial charge >= 0.3 is 11.5 Å². The summed E-state index contributed by atoms with van der Waals surface area (Å²) in [5.41, 5.74) is -2.31. The van der Waals surface area contributed by atoms with E-state index >= 15 is 0 Å². The standard InChI is InChI=1S/C4H2N4O6/c9-4(10)1-2(7(11)12)3(6-5-1)8(13)14/h(H,5,6)(H,9,10)/p-1. The first kappa shape index (κ1) is 9.57. The van der Waals surface area contributed by atoms with Gasteiger partial charge in [-0.05, 0) is 4.92 Å². The fraction of sp³-hybridized carbons (Fsp3) is 0. The van der Waals surface area contributed by atoms with E-state index in [1.807, 2.05) is 0 Å². The number of H-pyrrole nitrogens is 1. The Labute approximate surface area is 74.5 Å². The zero-order valence-corrected chi connectivity index (χ0v) is 6.29. The molecule has 1 aromatic rings. The number of aromatic carboxylic acids is 1. The molecule has 0 radical (unpaired) electrons. The van der Waals surface area contributed by atoms with Crippen LogP contribution >= 0.6 is 0 Å². The van der Waals surface area contributed by atoms with E-state index in [1.54, 1.807) is 5.10 Å². The van der Waals surface area contributed by atoms with Gasteiger partial charge in [0.1, 0.15) is 5.97 Å². The van der Waals surface area contributed by atoms with Crippen LogP contribution in [0.25, 0.3) is 0 Å². The van der Waals surface area contributed by atoms with Crippen LogP contribution in [0.2, 0.25) is 0 Å². The molecule has 0 spiro atoms. The maximum Gasteiger partial charge on any atom is 0.422 e. The third-order valence-corrected chi connectivity index (χ3v) is 1.28. The van der Waals surface area contributed by atoms with Gasteiger partial charge < -0.3 is 20.0 Å². The van der Waals surface area contributed by atoms with Crippen LogP contribution in [0.15, 0.2) is 0 Å². The first-order chi connectivity index (χ1) is 6.45. The Morgan fingerprint density at radius 3 is 2.21 bits per heavy atom. The number of carboxylic acid groups (broad SMARTS) is 1. The van der Waals surface area contributed by atoms with Gasteiger partial charge in [0.2, 0.25) is 5.69 Å². The highest BCUT2D eigenvalue weighted by Crippen LogP contribution is 2.26. The van der Waals surface area contributed by atoms with Gasteiger partial charge in [-0.3, -0.25) is 10.1 Å². The molecule has 0 aliphatic rings. The Bertz CT molecular complexity index is 390. The molecule has 1 rings (SSSR count). The van der Waals surface area contributed by atoms with E-state index in [-0.39, 0.29) is 0 Å². The number of rotatable bonds is 3. The topological polar surface area (TPSA) is 155 Å². The van der Waals surface area contributed by atoms with Crippen molar-refractivity contribution in [2.24, 2.45) is 0 Å². The molecule has 10 nitrogen and oxygen atoms in total. The molecule has 0 aliphatic carbocycles. The smallest absolute Gasteiger partial charge is 0.422 e. The Morgan fingerprint density at radius 2 is 1.86 bits per heavy atom. The molecular formula is C4HN4O6-. The SMILES string of the molecule is O=C([O-])c1n[nH]c([N+](=O)[O-])c1[N+](=O)[O-]. The number of carbonyl (C=O) groups is 1. The summed E-state index contributed by atoms with van der Waals surface area (Å²) in [7, 11) is 0. The van der Waals surface area contributed by atoms with Crippen LogP contribution in [0.4, 0.5) is 11.5 Å². The Kier molecular flexibility index (Phi) is 2.11. The molecular weight excluding hydrogens is 200 g/mol. The molecule has 1 N–H and O–H groups in total. The highest BCUT2D eigenvalue weighted by atomic mass is 16.6. The van der Waals surface area contributed by atoms with Crippen molar-refractivity contribution < 1.29 is 19.7 Å². The van der Waals surface area contributed by atoms with Crippen molar-refractivity contribution >= 4 is 17.5 Å². The normalized spacial score (nSPS) is 9.71. The van der Waals surface area contributed by atoms with Crippen molar-refractivity contribution in [1.82, 2.24) is 10.2 Å². The minimum atomic E-state index is -1.96. The third-order valence-electron chi connectivity index (χ3n) is 1.28. The molecule has 1 aromatic heterocycles. The molecule has 0 saturated heterocycles. The number of nitro groups is 2. The molecule has 0 bridgehead atoms. The second-order valence-corrected chi connectivity index (χ2v) is 2.07. The lowest BCUT2D eigenvalue weighted by Crippen LogP contribution is -2.23.